The molecule has 0 atom stereocenters. The maximum atomic E-state index is 2.41. The van der Waals surface area contributed by atoms with Crippen LogP contribution in [0.3, 0.4) is 0 Å². The van der Waals surface area contributed by atoms with Crippen molar-refractivity contribution in [2.24, 2.45) is 0 Å². The van der Waals surface area contributed by atoms with Gasteiger partial charge in [-0.1, -0.05) is 109 Å². The van der Waals surface area contributed by atoms with Gasteiger partial charge in [0.25, 0.3) is 0 Å². The summed E-state index contributed by atoms with van der Waals surface area (Å²) in [6, 6.07) is 67.9. The topological polar surface area (TPSA) is 11.4 Å². The van der Waals surface area contributed by atoms with E-state index in [0.717, 1.165) is 28.4 Å². The molecule has 3 nitrogen and oxygen atoms in total. The maximum absolute atomic E-state index is 2.41. The van der Waals surface area contributed by atoms with E-state index in [4.69, 9.17) is 0 Å². The molecule has 0 aliphatic carbocycles. The summed E-state index contributed by atoms with van der Waals surface area (Å²) in [5.41, 5.74) is 12.9. The molecule has 0 radical (unpaired) electrons. The Kier molecular flexibility index (Phi) is 6.18. The van der Waals surface area contributed by atoms with Gasteiger partial charge < -0.3 is 14.4 Å². The molecule has 0 fully saturated rings. The van der Waals surface area contributed by atoms with Crippen molar-refractivity contribution in [3.05, 3.63) is 188 Å². The first-order chi connectivity index (χ1) is 24.3. The number of hydrogen-bond acceptors (Lipinski definition) is 2. The average Bonchev–Trinajstić information content (AvgIpc) is 3.50. The lowest BCUT2D eigenvalue weighted by molar-refractivity contribution is 1.18. The van der Waals surface area contributed by atoms with Crippen LogP contribution in [0.5, 0.6) is 0 Å². The van der Waals surface area contributed by atoms with E-state index in [-0.39, 0.29) is 0 Å². The second kappa shape index (κ2) is 11.0. The van der Waals surface area contributed by atoms with E-state index in [2.05, 4.69) is 202 Å². The van der Waals surface area contributed by atoms with Crippen LogP contribution in [-0.4, -0.2) is 4.57 Å². The molecule has 230 valence electrons. The van der Waals surface area contributed by atoms with Gasteiger partial charge in [0.05, 0.1) is 22.4 Å². The third kappa shape index (κ3) is 4.29. The summed E-state index contributed by atoms with van der Waals surface area (Å²) in [6.45, 7) is 0. The van der Waals surface area contributed by atoms with E-state index < -0.39 is 0 Å². The Bertz CT molecular complexity index is 2650. The van der Waals surface area contributed by atoms with Crippen LogP contribution in [0.1, 0.15) is 0 Å². The minimum atomic E-state index is 1.10. The Morgan fingerprint density at radius 3 is 1.82 bits per heavy atom. The third-order valence-corrected chi connectivity index (χ3v) is 9.87. The molecule has 3 heteroatoms. The molecule has 0 N–H and O–H groups in total. The number of aromatic nitrogens is 1. The van der Waals surface area contributed by atoms with Crippen LogP contribution in [0, 0.1) is 0 Å². The highest BCUT2D eigenvalue weighted by Crippen LogP contribution is 2.51. The van der Waals surface area contributed by atoms with E-state index in [9.17, 15) is 0 Å². The molecule has 0 saturated carbocycles. The fraction of sp³-hybridized carbons (Fsp3) is 0. The fourth-order valence-electron chi connectivity index (χ4n) is 7.76. The van der Waals surface area contributed by atoms with Crippen LogP contribution >= 0.6 is 0 Å². The molecule has 49 heavy (non-hydrogen) atoms. The predicted octanol–water partition coefficient (Wildman–Crippen LogP) is 12.9. The first kappa shape index (κ1) is 27.5. The lowest BCUT2D eigenvalue weighted by Crippen LogP contribution is -2.15. The second-order valence-corrected chi connectivity index (χ2v) is 12.6. The van der Waals surface area contributed by atoms with Crippen LogP contribution in [0.15, 0.2) is 188 Å². The SMILES string of the molecule is c1ccc(N(c2ccc(N3c4ccccc4-c4cccc5cccc3c45)cc2)c2ccc3c4ccccc4n(-c4ccccc4)c3c2)cc1. The van der Waals surface area contributed by atoms with Crippen molar-refractivity contribution in [2.45, 2.75) is 0 Å². The molecule has 0 unspecified atom stereocenters. The number of fused-ring (bicyclic) bond motifs is 5. The van der Waals surface area contributed by atoms with Gasteiger partial charge >= 0.3 is 0 Å². The number of para-hydroxylation sites is 4. The van der Waals surface area contributed by atoms with E-state index in [1.807, 2.05) is 0 Å². The summed E-state index contributed by atoms with van der Waals surface area (Å²) < 4.78 is 2.38. The monoisotopic (exact) mass is 625 g/mol. The van der Waals surface area contributed by atoms with Crippen molar-refractivity contribution in [2.75, 3.05) is 9.80 Å². The summed E-state index contributed by atoms with van der Waals surface area (Å²) in [6.07, 6.45) is 0. The number of hydrogen-bond donors (Lipinski definition) is 0. The van der Waals surface area contributed by atoms with Crippen LogP contribution < -0.4 is 9.80 Å². The Labute approximate surface area is 285 Å². The quantitative estimate of drug-likeness (QED) is 0.189. The van der Waals surface area contributed by atoms with Gasteiger partial charge in [0, 0.05) is 50.2 Å². The Morgan fingerprint density at radius 1 is 0.367 bits per heavy atom. The highest BCUT2D eigenvalue weighted by molar-refractivity contribution is 6.14. The van der Waals surface area contributed by atoms with E-state index in [0.29, 0.717) is 0 Å². The smallest absolute Gasteiger partial charge is 0.0561 e. The van der Waals surface area contributed by atoms with Crippen LogP contribution in [0.2, 0.25) is 0 Å². The van der Waals surface area contributed by atoms with E-state index in [1.54, 1.807) is 0 Å². The molecular formula is C46H31N3. The van der Waals surface area contributed by atoms with Crippen molar-refractivity contribution >= 4 is 66.7 Å². The second-order valence-electron chi connectivity index (χ2n) is 12.6. The molecule has 0 spiro atoms. The molecular weight excluding hydrogens is 595 g/mol. The number of rotatable bonds is 5. The van der Waals surface area contributed by atoms with Crippen LogP contribution in [0.4, 0.5) is 34.1 Å². The minimum Gasteiger partial charge on any atom is -0.310 e. The summed E-state index contributed by atoms with van der Waals surface area (Å²) in [5, 5.41) is 5.04. The molecule has 1 aliphatic rings. The van der Waals surface area contributed by atoms with Gasteiger partial charge in [0.2, 0.25) is 0 Å². The molecule has 1 aliphatic heterocycles. The van der Waals surface area contributed by atoms with Crippen molar-refractivity contribution < 1.29 is 0 Å². The van der Waals surface area contributed by atoms with Gasteiger partial charge in [-0.3, -0.25) is 0 Å². The first-order valence-electron chi connectivity index (χ1n) is 16.8. The Balaban J connectivity index is 1.14. The molecule has 1 aromatic heterocycles. The lowest BCUT2D eigenvalue weighted by Gasteiger charge is -2.34. The van der Waals surface area contributed by atoms with Crippen molar-refractivity contribution in [1.82, 2.24) is 4.57 Å². The molecule has 2 heterocycles. The van der Waals surface area contributed by atoms with Crippen molar-refractivity contribution in [1.29, 1.82) is 0 Å². The van der Waals surface area contributed by atoms with Gasteiger partial charge in [0.1, 0.15) is 0 Å². The highest BCUT2D eigenvalue weighted by atomic mass is 15.2. The molecule has 9 aromatic rings. The summed E-state index contributed by atoms with van der Waals surface area (Å²) in [4.78, 5) is 4.77. The standard InChI is InChI=1S/C46H31N3/c1-3-15-33(16-4-1)47(37-29-30-40-38-19-7-9-22-42(38)49(45(40)31-37)34-17-5-2-6-18-34)35-25-27-36(28-26-35)48-43-23-10-8-20-39(43)41-21-11-13-32-14-12-24-44(48)46(32)41/h1-31H. The number of nitrogens with zero attached hydrogens (tertiary/aromatic N) is 3. The molecule has 10 rings (SSSR count). The highest BCUT2D eigenvalue weighted by Gasteiger charge is 2.26. The normalized spacial score (nSPS) is 12.0. The number of anilines is 6. The zero-order chi connectivity index (χ0) is 32.3. The first-order valence-corrected chi connectivity index (χ1v) is 16.8. The van der Waals surface area contributed by atoms with Gasteiger partial charge in [-0.25, -0.2) is 0 Å². The van der Waals surface area contributed by atoms with Gasteiger partial charge in [-0.05, 0) is 89.8 Å². The summed E-state index contributed by atoms with van der Waals surface area (Å²) >= 11 is 0. The molecule has 0 amide bonds. The average molecular weight is 626 g/mol. The van der Waals surface area contributed by atoms with E-state index >= 15 is 0 Å². The third-order valence-electron chi connectivity index (χ3n) is 9.87. The minimum absolute atomic E-state index is 1.10. The Morgan fingerprint density at radius 2 is 0.980 bits per heavy atom. The van der Waals surface area contributed by atoms with Gasteiger partial charge in [-0.2, -0.15) is 0 Å². The fourth-order valence-corrected chi connectivity index (χ4v) is 7.76. The number of benzene rings is 8. The van der Waals surface area contributed by atoms with Crippen LogP contribution in [0.25, 0.3) is 49.4 Å². The summed E-state index contributed by atoms with van der Waals surface area (Å²) in [7, 11) is 0. The lowest BCUT2D eigenvalue weighted by atomic mass is 9.91. The maximum Gasteiger partial charge on any atom is 0.0561 e. The zero-order valence-electron chi connectivity index (χ0n) is 26.7. The van der Waals surface area contributed by atoms with Crippen molar-refractivity contribution in [3.63, 3.8) is 0 Å². The van der Waals surface area contributed by atoms with Gasteiger partial charge in [0.15, 0.2) is 0 Å². The summed E-state index contributed by atoms with van der Waals surface area (Å²) in [5.74, 6) is 0. The molecule has 0 bridgehead atoms. The van der Waals surface area contributed by atoms with E-state index in [1.165, 1.54) is 55.1 Å². The largest absolute Gasteiger partial charge is 0.310 e. The zero-order valence-corrected chi connectivity index (χ0v) is 26.7. The molecule has 8 aromatic carbocycles. The van der Waals surface area contributed by atoms with Crippen LogP contribution in [-0.2, 0) is 0 Å². The molecule has 0 saturated heterocycles. The Hall–Kier alpha value is -6.58. The predicted molar refractivity (Wildman–Crippen MR) is 207 cm³/mol. The van der Waals surface area contributed by atoms with Crippen molar-refractivity contribution in [3.8, 4) is 16.8 Å². The van der Waals surface area contributed by atoms with Gasteiger partial charge in [-0.15, -0.1) is 0 Å².